The molecule has 1 nitrogen and oxygen atoms in total. The Labute approximate surface area is 71.9 Å². The number of para-hydroxylation sites is 1. The van der Waals surface area contributed by atoms with Crippen LogP contribution in [-0.2, 0) is 0 Å². The van der Waals surface area contributed by atoms with E-state index in [0.717, 1.165) is 26.7 Å². The molecule has 0 spiro atoms. The number of halogens is 1. The minimum absolute atomic E-state index is 0.850. The number of ether oxygens (including phenoxy) is 1. The van der Waals surface area contributed by atoms with E-state index in [2.05, 4.69) is 15.9 Å². The second-order valence-corrected chi connectivity index (χ2v) is 3.30. The van der Waals surface area contributed by atoms with E-state index < -0.39 is 0 Å². The molecule has 0 aliphatic heterocycles. The van der Waals surface area contributed by atoms with Crippen molar-refractivity contribution in [2.75, 3.05) is 6.23 Å². The van der Waals surface area contributed by atoms with Crippen LogP contribution in [0.1, 0.15) is 0 Å². The lowest BCUT2D eigenvalue weighted by Gasteiger charge is -2.03. The van der Waals surface area contributed by atoms with Crippen LogP contribution in [0.15, 0.2) is 28.7 Å². The molecule has 1 rings (SSSR count). The van der Waals surface area contributed by atoms with E-state index in [1.165, 1.54) is 0 Å². The Kier molecular flexibility index (Phi) is 2.96. The fraction of sp³-hybridized carbons (Fsp3) is 0.143. The van der Waals surface area contributed by atoms with Gasteiger partial charge in [0, 0.05) is 0 Å². The third-order valence-corrected chi connectivity index (χ3v) is 2.08. The van der Waals surface area contributed by atoms with E-state index in [1.54, 1.807) is 0 Å². The molecule has 0 aromatic heterocycles. The summed E-state index contributed by atoms with van der Waals surface area (Å²) in [6, 6.07) is 7.88. The van der Waals surface area contributed by atoms with Crippen molar-refractivity contribution in [2.24, 2.45) is 0 Å². The summed E-state index contributed by atoms with van der Waals surface area (Å²) in [4.78, 5) is 0. The average molecular weight is 217 g/mol. The van der Waals surface area contributed by atoms with Crippen molar-refractivity contribution in [3.63, 3.8) is 0 Å². The smallest absolute Gasteiger partial charge is 0.132 e. The largest absolute Gasteiger partial charge is 0.497 e. The Morgan fingerprint density at radius 2 is 2.10 bits per heavy atom. The van der Waals surface area contributed by atoms with E-state index in [4.69, 9.17) is 4.74 Å². The summed E-state index contributed by atoms with van der Waals surface area (Å²) in [6.45, 7) is 0. The summed E-state index contributed by atoms with van der Waals surface area (Å²) in [5.41, 5.74) is 0. The third kappa shape index (κ3) is 1.85. The van der Waals surface area contributed by atoms with Crippen LogP contribution < -0.4 is 4.74 Å². The van der Waals surface area contributed by atoms with Gasteiger partial charge in [0.25, 0.3) is 0 Å². The number of hydrogen-bond donors (Lipinski definition) is 0. The van der Waals surface area contributed by atoms with Crippen molar-refractivity contribution in [2.45, 2.75) is 0 Å². The van der Waals surface area contributed by atoms with Gasteiger partial charge in [-0.05, 0) is 28.1 Å². The molecule has 0 amide bonds. The Morgan fingerprint density at radius 3 is 2.70 bits per heavy atom. The predicted octanol–water partition coefficient (Wildman–Crippen LogP) is 1.15. The van der Waals surface area contributed by atoms with Gasteiger partial charge in [0.15, 0.2) is 0 Å². The SMILES string of the molecule is [SiH3]COc1ccccc1Br. The van der Waals surface area contributed by atoms with Crippen LogP contribution in [0.5, 0.6) is 5.75 Å². The lowest BCUT2D eigenvalue weighted by Crippen LogP contribution is -1.95. The van der Waals surface area contributed by atoms with Gasteiger partial charge in [0.2, 0.25) is 0 Å². The van der Waals surface area contributed by atoms with E-state index >= 15 is 0 Å². The molecule has 10 heavy (non-hydrogen) atoms. The van der Waals surface area contributed by atoms with Gasteiger partial charge in [-0.2, -0.15) is 0 Å². The molecule has 0 fully saturated rings. The molecule has 0 radical (unpaired) electrons. The maximum Gasteiger partial charge on any atom is 0.132 e. The summed E-state index contributed by atoms with van der Waals surface area (Å²) in [5.74, 6) is 0.942. The molecule has 0 aliphatic rings. The van der Waals surface area contributed by atoms with Crippen molar-refractivity contribution < 1.29 is 4.74 Å². The Balaban J connectivity index is 2.81. The van der Waals surface area contributed by atoms with E-state index in [-0.39, 0.29) is 0 Å². The van der Waals surface area contributed by atoms with Gasteiger partial charge in [0.05, 0.1) is 20.9 Å². The topological polar surface area (TPSA) is 9.23 Å². The van der Waals surface area contributed by atoms with Crippen molar-refractivity contribution in [3.8, 4) is 5.75 Å². The van der Waals surface area contributed by atoms with Crippen LogP contribution in [-0.4, -0.2) is 16.5 Å². The standard InChI is InChI=1S/C7H9BrOSi/c8-6-3-1-2-4-7(6)9-5-10/h1-4H,5H2,10H3. The van der Waals surface area contributed by atoms with Gasteiger partial charge in [0.1, 0.15) is 5.75 Å². The molecule has 3 heteroatoms. The van der Waals surface area contributed by atoms with Crippen LogP contribution in [0, 0.1) is 0 Å². The summed E-state index contributed by atoms with van der Waals surface area (Å²) in [7, 11) is 1.08. The molecule has 0 bridgehead atoms. The normalized spacial score (nSPS) is 9.70. The molecule has 0 atom stereocenters. The zero-order valence-corrected chi connectivity index (χ0v) is 9.39. The monoisotopic (exact) mass is 216 g/mol. The summed E-state index contributed by atoms with van der Waals surface area (Å²) >= 11 is 3.39. The van der Waals surface area contributed by atoms with Crippen molar-refractivity contribution in [1.82, 2.24) is 0 Å². The van der Waals surface area contributed by atoms with Gasteiger partial charge >= 0.3 is 0 Å². The predicted molar refractivity (Wildman–Crippen MR) is 49.6 cm³/mol. The van der Waals surface area contributed by atoms with Crippen molar-refractivity contribution in [3.05, 3.63) is 28.7 Å². The van der Waals surface area contributed by atoms with Crippen molar-refractivity contribution >= 4 is 26.2 Å². The lowest BCUT2D eigenvalue weighted by atomic mass is 10.3. The molecule has 1 aromatic carbocycles. The second kappa shape index (κ2) is 3.78. The minimum atomic E-state index is 0.850. The zero-order chi connectivity index (χ0) is 7.40. The number of rotatable bonds is 2. The lowest BCUT2D eigenvalue weighted by molar-refractivity contribution is 0.385. The van der Waals surface area contributed by atoms with E-state index in [9.17, 15) is 0 Å². The molecule has 0 saturated carbocycles. The first kappa shape index (κ1) is 7.82. The molecule has 54 valence electrons. The average Bonchev–Trinajstić information content (AvgIpc) is 1.94. The highest BCUT2D eigenvalue weighted by molar-refractivity contribution is 9.10. The summed E-state index contributed by atoms with van der Waals surface area (Å²) in [5, 5.41) is 0. The summed E-state index contributed by atoms with van der Waals surface area (Å²) < 4.78 is 6.38. The van der Waals surface area contributed by atoms with Crippen molar-refractivity contribution in [1.29, 1.82) is 0 Å². The van der Waals surface area contributed by atoms with Crippen LogP contribution in [0.4, 0.5) is 0 Å². The van der Waals surface area contributed by atoms with E-state index in [1.807, 2.05) is 24.3 Å². The maximum absolute atomic E-state index is 5.35. The maximum atomic E-state index is 5.35. The van der Waals surface area contributed by atoms with Gasteiger partial charge in [-0.1, -0.05) is 12.1 Å². The molecular weight excluding hydrogens is 208 g/mol. The quantitative estimate of drug-likeness (QED) is 0.675. The minimum Gasteiger partial charge on any atom is -0.497 e. The van der Waals surface area contributed by atoms with Gasteiger partial charge in [-0.25, -0.2) is 0 Å². The molecular formula is C7H9BrOSi. The van der Waals surface area contributed by atoms with E-state index in [0.29, 0.717) is 0 Å². The zero-order valence-electron chi connectivity index (χ0n) is 5.80. The summed E-state index contributed by atoms with van der Waals surface area (Å²) in [6.07, 6.45) is 0.850. The number of benzene rings is 1. The first-order valence-corrected chi connectivity index (χ1v) is 5.42. The van der Waals surface area contributed by atoms with Crippen LogP contribution in [0.2, 0.25) is 0 Å². The highest BCUT2D eigenvalue weighted by Gasteiger charge is 1.94. The van der Waals surface area contributed by atoms with Crippen LogP contribution >= 0.6 is 15.9 Å². The Hall–Kier alpha value is -0.283. The second-order valence-electron chi connectivity index (χ2n) is 1.86. The van der Waals surface area contributed by atoms with Gasteiger partial charge < -0.3 is 4.74 Å². The van der Waals surface area contributed by atoms with Gasteiger partial charge in [-0.3, -0.25) is 0 Å². The highest BCUT2D eigenvalue weighted by Crippen LogP contribution is 2.23. The van der Waals surface area contributed by atoms with Crippen LogP contribution in [0.25, 0.3) is 0 Å². The van der Waals surface area contributed by atoms with Crippen LogP contribution in [0.3, 0.4) is 0 Å². The molecule has 0 N–H and O–H groups in total. The fourth-order valence-electron chi connectivity index (χ4n) is 0.717. The fourth-order valence-corrected chi connectivity index (χ4v) is 1.43. The molecule has 0 unspecified atom stereocenters. The first-order chi connectivity index (χ1) is 4.84. The van der Waals surface area contributed by atoms with Gasteiger partial charge in [-0.15, -0.1) is 0 Å². The first-order valence-electron chi connectivity index (χ1n) is 3.22. The third-order valence-electron chi connectivity index (χ3n) is 1.14. The Bertz CT molecular complexity index is 215. The highest BCUT2D eigenvalue weighted by atomic mass is 79.9. The molecule has 1 aromatic rings. The molecule has 0 saturated heterocycles. The molecule has 0 aliphatic carbocycles. The molecule has 0 heterocycles. The number of hydrogen-bond acceptors (Lipinski definition) is 1. The Morgan fingerprint density at radius 1 is 1.40 bits per heavy atom.